The van der Waals surface area contributed by atoms with Gasteiger partial charge in [-0.15, -0.1) is 0 Å². The van der Waals surface area contributed by atoms with E-state index in [1.165, 1.54) is 12.1 Å². The fourth-order valence-corrected chi connectivity index (χ4v) is 6.13. The molecule has 43 heavy (non-hydrogen) atoms. The van der Waals surface area contributed by atoms with Crippen LogP contribution >= 0.6 is 0 Å². The number of fused-ring (bicyclic) bond motifs is 1. The van der Waals surface area contributed by atoms with Crippen molar-refractivity contribution in [3.63, 3.8) is 0 Å². The molecule has 3 heterocycles. The number of alkyl halides is 3. The van der Waals surface area contributed by atoms with Gasteiger partial charge in [-0.3, -0.25) is 14.8 Å². The molecule has 1 unspecified atom stereocenters. The van der Waals surface area contributed by atoms with Gasteiger partial charge in [-0.05, 0) is 105 Å². The van der Waals surface area contributed by atoms with E-state index in [2.05, 4.69) is 4.98 Å². The van der Waals surface area contributed by atoms with Crippen molar-refractivity contribution in [2.75, 3.05) is 13.1 Å². The minimum Gasteiger partial charge on any atom is -0.490 e. The van der Waals surface area contributed by atoms with E-state index >= 15 is 0 Å². The number of amides is 1. The first-order valence-corrected chi connectivity index (χ1v) is 14.8. The van der Waals surface area contributed by atoms with Crippen LogP contribution in [0.25, 0.3) is 11.0 Å². The molecule has 0 spiro atoms. The van der Waals surface area contributed by atoms with Crippen LogP contribution in [0.2, 0.25) is 0 Å². The van der Waals surface area contributed by atoms with Gasteiger partial charge < -0.3 is 14.1 Å². The smallest absolute Gasteiger partial charge is 0.416 e. The zero-order valence-corrected chi connectivity index (χ0v) is 24.0. The number of nitrogens with zero attached hydrogens (tertiary/aromatic N) is 3. The number of pyridine rings is 1. The lowest BCUT2D eigenvalue weighted by atomic mass is 9.83. The Kier molecular flexibility index (Phi) is 8.23. The normalized spacial score (nSPS) is 21.3. The number of rotatable bonds is 7. The number of halogens is 3. The van der Waals surface area contributed by atoms with Crippen LogP contribution in [0, 0.1) is 5.92 Å². The number of carbonyl (C=O) groups is 1. The summed E-state index contributed by atoms with van der Waals surface area (Å²) < 4.78 is 50.9. The van der Waals surface area contributed by atoms with E-state index in [4.69, 9.17) is 14.1 Å². The molecule has 1 aliphatic heterocycles. The monoisotopic (exact) mass is 589 g/mol. The van der Waals surface area contributed by atoms with Crippen LogP contribution in [0.3, 0.4) is 0 Å². The number of furan rings is 1. The van der Waals surface area contributed by atoms with E-state index in [0.29, 0.717) is 30.3 Å². The average Bonchev–Trinajstić information content (AvgIpc) is 3.65. The van der Waals surface area contributed by atoms with E-state index in [9.17, 15) is 18.0 Å². The van der Waals surface area contributed by atoms with E-state index in [1.54, 1.807) is 36.7 Å². The van der Waals surface area contributed by atoms with Crippen molar-refractivity contribution in [3.05, 3.63) is 95.5 Å². The second-order valence-electron chi connectivity index (χ2n) is 11.6. The lowest BCUT2D eigenvalue weighted by Crippen LogP contribution is -2.29. The number of aliphatic imine (C=N–C) groups is 1. The molecule has 0 bridgehead atoms. The van der Waals surface area contributed by atoms with Gasteiger partial charge >= 0.3 is 6.18 Å². The van der Waals surface area contributed by atoms with Gasteiger partial charge in [-0.25, -0.2) is 0 Å². The Bertz CT molecular complexity index is 1590. The summed E-state index contributed by atoms with van der Waals surface area (Å²) in [7, 11) is 0. The summed E-state index contributed by atoms with van der Waals surface area (Å²) in [5.41, 5.74) is 2.54. The standard InChI is InChI=1S/C34H34F3N3O3/c1-22(39-28-14-17-40(21-28)33(41)25-12-15-38-16-13-25)32-20-26-19-30(10-11-31(26)43-32)42-29-8-4-24(5-9-29)18-23-2-6-27(7-3-23)34(35,36)37/h2-3,6-7,10-13,15-16,19-20,24,28-29H,4-5,8-9,14,17-18,21H2,1H3. The van der Waals surface area contributed by atoms with E-state index < -0.39 is 11.7 Å². The van der Waals surface area contributed by atoms with Gasteiger partial charge in [0.1, 0.15) is 17.1 Å². The molecule has 1 saturated heterocycles. The number of ether oxygens (including phenoxy) is 1. The third-order valence-corrected chi connectivity index (χ3v) is 8.50. The molecule has 2 aliphatic rings. The lowest BCUT2D eigenvalue weighted by molar-refractivity contribution is -0.137. The van der Waals surface area contributed by atoms with Crippen molar-refractivity contribution in [2.24, 2.45) is 10.9 Å². The molecule has 0 N–H and O–H groups in total. The molecule has 9 heteroatoms. The van der Waals surface area contributed by atoms with Gasteiger partial charge in [0.05, 0.1) is 23.4 Å². The maximum Gasteiger partial charge on any atom is 0.416 e. The number of hydrogen-bond acceptors (Lipinski definition) is 5. The quantitative estimate of drug-likeness (QED) is 0.207. The summed E-state index contributed by atoms with van der Waals surface area (Å²) in [6.45, 7) is 3.18. The number of likely N-dealkylation sites (tertiary alicyclic amines) is 1. The molecule has 0 radical (unpaired) electrons. The zero-order valence-electron chi connectivity index (χ0n) is 24.0. The predicted molar refractivity (Wildman–Crippen MR) is 158 cm³/mol. The van der Waals surface area contributed by atoms with Crippen LogP contribution < -0.4 is 4.74 Å². The Morgan fingerprint density at radius 1 is 1.00 bits per heavy atom. The van der Waals surface area contributed by atoms with Gasteiger partial charge in [-0.2, -0.15) is 13.2 Å². The summed E-state index contributed by atoms with van der Waals surface area (Å²) in [5.74, 6) is 1.94. The fourth-order valence-electron chi connectivity index (χ4n) is 6.13. The Morgan fingerprint density at radius 2 is 1.74 bits per heavy atom. The van der Waals surface area contributed by atoms with Gasteiger partial charge in [-0.1, -0.05) is 12.1 Å². The first-order chi connectivity index (χ1) is 20.7. The Hall–Kier alpha value is -4.14. The molecule has 1 atom stereocenters. The third kappa shape index (κ3) is 6.92. The summed E-state index contributed by atoms with van der Waals surface area (Å²) in [6.07, 6.45) is 4.43. The first kappa shape index (κ1) is 29.0. The van der Waals surface area contributed by atoms with Crippen LogP contribution in [0.4, 0.5) is 13.2 Å². The van der Waals surface area contributed by atoms with Crippen molar-refractivity contribution >= 4 is 22.6 Å². The zero-order chi connectivity index (χ0) is 30.0. The van der Waals surface area contributed by atoms with Gasteiger partial charge in [0.2, 0.25) is 0 Å². The van der Waals surface area contributed by atoms with Crippen molar-refractivity contribution in [1.82, 2.24) is 9.88 Å². The van der Waals surface area contributed by atoms with Crippen LogP contribution in [0.15, 0.2) is 82.5 Å². The maximum atomic E-state index is 12.8. The van der Waals surface area contributed by atoms with Crippen molar-refractivity contribution < 1.29 is 27.1 Å². The predicted octanol–water partition coefficient (Wildman–Crippen LogP) is 7.75. The highest BCUT2D eigenvalue weighted by Crippen LogP contribution is 2.33. The molecule has 2 aromatic carbocycles. The third-order valence-electron chi connectivity index (χ3n) is 8.50. The molecule has 4 aromatic rings. The van der Waals surface area contributed by atoms with Crippen LogP contribution in [0.1, 0.15) is 66.3 Å². The highest BCUT2D eigenvalue weighted by Gasteiger charge is 2.30. The van der Waals surface area contributed by atoms with Crippen molar-refractivity contribution in [1.29, 1.82) is 0 Å². The average molecular weight is 590 g/mol. The molecule has 6 nitrogen and oxygen atoms in total. The Balaban J connectivity index is 1.02. The summed E-state index contributed by atoms with van der Waals surface area (Å²) >= 11 is 0. The number of benzene rings is 2. The summed E-state index contributed by atoms with van der Waals surface area (Å²) in [5, 5.41) is 0.943. The van der Waals surface area contributed by atoms with E-state index in [-0.39, 0.29) is 18.1 Å². The summed E-state index contributed by atoms with van der Waals surface area (Å²) in [4.78, 5) is 23.4. The molecule has 1 amide bonds. The van der Waals surface area contributed by atoms with E-state index in [1.807, 2.05) is 36.1 Å². The Labute approximate surface area is 248 Å². The highest BCUT2D eigenvalue weighted by molar-refractivity contribution is 6.00. The second kappa shape index (κ2) is 12.2. The molecular weight excluding hydrogens is 555 g/mol. The number of carbonyl (C=O) groups excluding carboxylic acids is 1. The minimum atomic E-state index is -4.30. The second-order valence-corrected chi connectivity index (χ2v) is 11.6. The number of hydrogen-bond donors (Lipinski definition) is 0. The topological polar surface area (TPSA) is 67.9 Å². The SMILES string of the molecule is CC(=NC1CCN(C(=O)c2ccncc2)C1)c1cc2cc(OC3CCC(Cc4ccc(C(F)(F)F)cc4)CC3)ccc2o1. The van der Waals surface area contributed by atoms with Crippen LogP contribution in [-0.4, -0.2) is 46.7 Å². The van der Waals surface area contributed by atoms with Crippen LogP contribution in [-0.2, 0) is 12.6 Å². The molecular formula is C34H34F3N3O3. The molecule has 2 aromatic heterocycles. The fraction of sp³-hybridized carbons (Fsp3) is 0.382. The molecule has 2 fully saturated rings. The first-order valence-electron chi connectivity index (χ1n) is 14.8. The summed E-state index contributed by atoms with van der Waals surface area (Å²) in [6, 6.07) is 16.8. The van der Waals surface area contributed by atoms with Crippen molar-refractivity contribution in [3.8, 4) is 5.75 Å². The molecule has 1 aliphatic carbocycles. The molecule has 224 valence electrons. The van der Waals surface area contributed by atoms with Crippen molar-refractivity contribution in [2.45, 2.75) is 63.8 Å². The van der Waals surface area contributed by atoms with Crippen LogP contribution in [0.5, 0.6) is 5.75 Å². The lowest BCUT2D eigenvalue weighted by Gasteiger charge is -2.29. The minimum absolute atomic E-state index is 0.00153. The molecule has 6 rings (SSSR count). The van der Waals surface area contributed by atoms with E-state index in [0.717, 1.165) is 66.5 Å². The molecule has 1 saturated carbocycles. The Morgan fingerprint density at radius 3 is 2.47 bits per heavy atom. The highest BCUT2D eigenvalue weighted by atomic mass is 19.4. The van der Waals surface area contributed by atoms with Gasteiger partial charge in [0.25, 0.3) is 5.91 Å². The maximum absolute atomic E-state index is 12.8. The van der Waals surface area contributed by atoms with Gasteiger partial charge in [0, 0.05) is 36.4 Å². The largest absolute Gasteiger partial charge is 0.490 e. The van der Waals surface area contributed by atoms with Gasteiger partial charge in [0.15, 0.2) is 0 Å². The number of aromatic nitrogens is 1.